The minimum atomic E-state index is 0.00697. The molecule has 0 fully saturated rings. The van der Waals surface area contributed by atoms with Crippen molar-refractivity contribution in [2.75, 3.05) is 0 Å². The Balaban J connectivity index is 2.11. The molecule has 0 saturated heterocycles. The van der Waals surface area contributed by atoms with Crippen molar-refractivity contribution >= 4 is 40.1 Å². The smallest absolute Gasteiger partial charge is 0.123 e. The standard InChI is InChI=1S/C15H11ClN4S/c16-9-5-6-11(14(17)18)13(7-9)21-15-10-3-1-2-4-12(10)19-8-20-15/h1-8H,(H3,17,18). The molecule has 21 heavy (non-hydrogen) atoms. The zero-order valence-electron chi connectivity index (χ0n) is 10.9. The highest BCUT2D eigenvalue weighted by molar-refractivity contribution is 7.99. The van der Waals surface area contributed by atoms with Crippen LogP contribution in [0.25, 0.3) is 10.9 Å². The molecule has 1 aromatic heterocycles. The summed E-state index contributed by atoms with van der Waals surface area (Å²) >= 11 is 7.48. The van der Waals surface area contributed by atoms with Crippen molar-refractivity contribution in [1.82, 2.24) is 9.97 Å². The van der Waals surface area contributed by atoms with E-state index in [1.54, 1.807) is 18.2 Å². The molecule has 0 bridgehead atoms. The van der Waals surface area contributed by atoms with E-state index in [-0.39, 0.29) is 5.84 Å². The molecule has 0 spiro atoms. The van der Waals surface area contributed by atoms with E-state index in [1.807, 2.05) is 24.3 Å². The van der Waals surface area contributed by atoms with Gasteiger partial charge < -0.3 is 5.73 Å². The molecule has 0 aliphatic rings. The number of fused-ring (bicyclic) bond motifs is 1. The number of nitrogens with one attached hydrogen (secondary N) is 1. The lowest BCUT2D eigenvalue weighted by molar-refractivity contribution is 1.10. The second-order valence-electron chi connectivity index (χ2n) is 4.35. The molecule has 0 amide bonds. The molecule has 3 aromatic rings. The van der Waals surface area contributed by atoms with Gasteiger partial charge in [0.05, 0.1) is 5.52 Å². The summed E-state index contributed by atoms with van der Waals surface area (Å²) in [5.74, 6) is 0.00697. The van der Waals surface area contributed by atoms with Gasteiger partial charge in [0, 0.05) is 20.9 Å². The van der Waals surface area contributed by atoms with E-state index in [0.29, 0.717) is 10.6 Å². The molecule has 6 heteroatoms. The van der Waals surface area contributed by atoms with Crippen molar-refractivity contribution in [3.63, 3.8) is 0 Å². The van der Waals surface area contributed by atoms with Gasteiger partial charge in [-0.15, -0.1) is 0 Å². The van der Waals surface area contributed by atoms with Crippen LogP contribution >= 0.6 is 23.4 Å². The van der Waals surface area contributed by atoms with Crippen LogP contribution in [0.3, 0.4) is 0 Å². The van der Waals surface area contributed by atoms with Crippen molar-refractivity contribution in [1.29, 1.82) is 5.41 Å². The molecular weight excluding hydrogens is 304 g/mol. The van der Waals surface area contributed by atoms with E-state index >= 15 is 0 Å². The van der Waals surface area contributed by atoms with E-state index in [2.05, 4.69) is 9.97 Å². The predicted octanol–water partition coefficient (Wildman–Crippen LogP) is 3.72. The lowest BCUT2D eigenvalue weighted by Crippen LogP contribution is -2.12. The molecule has 0 radical (unpaired) electrons. The normalized spacial score (nSPS) is 10.7. The van der Waals surface area contributed by atoms with E-state index in [4.69, 9.17) is 22.7 Å². The van der Waals surface area contributed by atoms with Crippen LogP contribution < -0.4 is 5.73 Å². The number of nitrogen functional groups attached to an aromatic ring is 1. The Morgan fingerprint density at radius 1 is 1.14 bits per heavy atom. The summed E-state index contributed by atoms with van der Waals surface area (Å²) in [6, 6.07) is 13.0. The van der Waals surface area contributed by atoms with Crippen LogP contribution in [-0.4, -0.2) is 15.8 Å². The highest BCUT2D eigenvalue weighted by Gasteiger charge is 2.11. The Labute approximate surface area is 130 Å². The Bertz CT molecular complexity index is 830. The number of nitrogens with zero attached hydrogens (tertiary/aromatic N) is 2. The topological polar surface area (TPSA) is 75.7 Å². The van der Waals surface area contributed by atoms with Gasteiger partial charge in [0.15, 0.2) is 0 Å². The number of halogens is 1. The van der Waals surface area contributed by atoms with Gasteiger partial charge in [-0.25, -0.2) is 9.97 Å². The van der Waals surface area contributed by atoms with Crippen LogP contribution in [0.2, 0.25) is 5.02 Å². The van der Waals surface area contributed by atoms with Crippen molar-refractivity contribution in [2.24, 2.45) is 5.73 Å². The summed E-state index contributed by atoms with van der Waals surface area (Å²) in [7, 11) is 0. The average Bonchev–Trinajstić information content (AvgIpc) is 2.47. The monoisotopic (exact) mass is 314 g/mol. The molecule has 3 N–H and O–H groups in total. The molecule has 0 atom stereocenters. The summed E-state index contributed by atoms with van der Waals surface area (Å²) in [5.41, 5.74) is 7.15. The average molecular weight is 315 g/mol. The minimum Gasteiger partial charge on any atom is -0.384 e. The molecule has 2 aromatic carbocycles. The lowest BCUT2D eigenvalue weighted by Gasteiger charge is -2.09. The van der Waals surface area contributed by atoms with Crippen LogP contribution in [0.1, 0.15) is 5.56 Å². The summed E-state index contributed by atoms with van der Waals surface area (Å²) in [4.78, 5) is 9.38. The SMILES string of the molecule is N=C(N)c1ccc(Cl)cc1Sc1ncnc2ccccc12. The number of benzene rings is 2. The molecule has 3 rings (SSSR count). The first-order valence-corrected chi connectivity index (χ1v) is 7.36. The second-order valence-corrected chi connectivity index (χ2v) is 5.82. The zero-order chi connectivity index (χ0) is 14.8. The number of nitrogens with two attached hydrogens (primary N) is 1. The van der Waals surface area contributed by atoms with Gasteiger partial charge in [-0.1, -0.05) is 41.6 Å². The third-order valence-electron chi connectivity index (χ3n) is 2.95. The molecule has 104 valence electrons. The maximum absolute atomic E-state index is 7.66. The van der Waals surface area contributed by atoms with Gasteiger partial charge in [0.1, 0.15) is 17.2 Å². The molecular formula is C15H11ClN4S. The maximum atomic E-state index is 7.66. The molecule has 0 aliphatic carbocycles. The first-order chi connectivity index (χ1) is 10.1. The van der Waals surface area contributed by atoms with E-state index in [0.717, 1.165) is 20.8 Å². The zero-order valence-corrected chi connectivity index (χ0v) is 12.4. The third-order valence-corrected chi connectivity index (χ3v) is 4.26. The van der Waals surface area contributed by atoms with Gasteiger partial charge in [0.2, 0.25) is 0 Å². The largest absolute Gasteiger partial charge is 0.384 e. The van der Waals surface area contributed by atoms with Gasteiger partial charge in [0.25, 0.3) is 0 Å². The third kappa shape index (κ3) is 2.84. The Morgan fingerprint density at radius 2 is 1.95 bits per heavy atom. The van der Waals surface area contributed by atoms with E-state index in [9.17, 15) is 0 Å². The highest BCUT2D eigenvalue weighted by Crippen LogP contribution is 2.34. The van der Waals surface area contributed by atoms with Crippen molar-refractivity contribution in [3.8, 4) is 0 Å². The van der Waals surface area contributed by atoms with Crippen LogP contribution in [0, 0.1) is 5.41 Å². The fraction of sp³-hybridized carbons (Fsp3) is 0. The van der Waals surface area contributed by atoms with Gasteiger partial charge >= 0.3 is 0 Å². The highest BCUT2D eigenvalue weighted by atomic mass is 35.5. The van der Waals surface area contributed by atoms with Crippen LogP contribution in [0.15, 0.2) is 58.7 Å². The summed E-state index contributed by atoms with van der Waals surface area (Å²) < 4.78 is 0. The summed E-state index contributed by atoms with van der Waals surface area (Å²) in [6.45, 7) is 0. The first kappa shape index (κ1) is 13.9. The Morgan fingerprint density at radius 3 is 2.76 bits per heavy atom. The van der Waals surface area contributed by atoms with Gasteiger partial charge in [-0.3, -0.25) is 5.41 Å². The van der Waals surface area contributed by atoms with E-state index < -0.39 is 0 Å². The molecule has 0 unspecified atom stereocenters. The fourth-order valence-electron chi connectivity index (χ4n) is 1.97. The number of rotatable bonds is 3. The number of hydrogen-bond donors (Lipinski definition) is 2. The predicted molar refractivity (Wildman–Crippen MR) is 86.1 cm³/mol. The van der Waals surface area contributed by atoms with Crippen molar-refractivity contribution in [3.05, 3.63) is 59.4 Å². The number of amidine groups is 1. The van der Waals surface area contributed by atoms with Crippen LogP contribution in [0.4, 0.5) is 0 Å². The summed E-state index contributed by atoms with van der Waals surface area (Å²) in [6.07, 6.45) is 1.53. The van der Waals surface area contributed by atoms with Crippen LogP contribution in [0.5, 0.6) is 0 Å². The Kier molecular flexibility index (Phi) is 3.77. The minimum absolute atomic E-state index is 0.00697. The van der Waals surface area contributed by atoms with Crippen molar-refractivity contribution in [2.45, 2.75) is 9.92 Å². The quantitative estimate of drug-likeness (QED) is 0.439. The van der Waals surface area contributed by atoms with Gasteiger partial charge in [-0.05, 0) is 24.3 Å². The fourth-order valence-corrected chi connectivity index (χ4v) is 3.27. The number of hydrogen-bond acceptors (Lipinski definition) is 4. The van der Waals surface area contributed by atoms with Gasteiger partial charge in [-0.2, -0.15) is 0 Å². The van der Waals surface area contributed by atoms with E-state index in [1.165, 1.54) is 18.1 Å². The lowest BCUT2D eigenvalue weighted by atomic mass is 10.2. The second kappa shape index (κ2) is 5.71. The molecule has 4 nitrogen and oxygen atoms in total. The van der Waals surface area contributed by atoms with Crippen LogP contribution in [-0.2, 0) is 0 Å². The number of aromatic nitrogens is 2. The first-order valence-electron chi connectivity index (χ1n) is 6.16. The molecule has 0 aliphatic heterocycles. The maximum Gasteiger partial charge on any atom is 0.123 e. The molecule has 0 saturated carbocycles. The molecule has 1 heterocycles. The Hall–Kier alpha value is -2.11. The summed E-state index contributed by atoms with van der Waals surface area (Å²) in [5, 5.41) is 10.0. The number of para-hydroxylation sites is 1. The van der Waals surface area contributed by atoms with Crippen molar-refractivity contribution < 1.29 is 0 Å².